The molecule has 0 spiro atoms. The zero-order valence-electron chi connectivity index (χ0n) is 16.9. The minimum absolute atomic E-state index is 0.0853. The van der Waals surface area contributed by atoms with Crippen LogP contribution in [0.25, 0.3) is 16.3 Å². The standard InChI is InChI=1S/C24H23N3OS2/c1-16-7-10-18(11-8-16)26-24-27(19-5-3-2-4-6-19)23(28)22(30-24)14-17-9-12-20-21(13-17)29-15-25-20/h7-15,19H,2-6H2,1H3/b22-14-,26-24?. The smallest absolute Gasteiger partial charge is 0.267 e. The molecular formula is C24H23N3OS2. The number of amidine groups is 1. The molecule has 2 heterocycles. The van der Waals surface area contributed by atoms with Crippen molar-refractivity contribution >= 4 is 56.2 Å². The van der Waals surface area contributed by atoms with Crippen LogP contribution < -0.4 is 0 Å². The van der Waals surface area contributed by atoms with E-state index in [0.29, 0.717) is 0 Å². The molecule has 4 nitrogen and oxygen atoms in total. The van der Waals surface area contributed by atoms with Gasteiger partial charge in [-0.25, -0.2) is 9.98 Å². The van der Waals surface area contributed by atoms with Gasteiger partial charge < -0.3 is 0 Å². The van der Waals surface area contributed by atoms with Crippen LogP contribution in [0.15, 0.2) is 57.9 Å². The molecule has 2 fully saturated rings. The molecule has 1 aromatic heterocycles. The van der Waals surface area contributed by atoms with Crippen LogP contribution in [-0.2, 0) is 4.79 Å². The molecule has 30 heavy (non-hydrogen) atoms. The van der Waals surface area contributed by atoms with Gasteiger partial charge in [0.15, 0.2) is 5.17 Å². The average molecular weight is 434 g/mol. The molecule has 5 rings (SSSR count). The molecule has 0 bridgehead atoms. The number of amides is 1. The van der Waals surface area contributed by atoms with Gasteiger partial charge in [-0.2, -0.15) is 0 Å². The van der Waals surface area contributed by atoms with Gasteiger partial charge in [0, 0.05) is 6.04 Å². The maximum atomic E-state index is 13.4. The maximum Gasteiger partial charge on any atom is 0.267 e. The summed E-state index contributed by atoms with van der Waals surface area (Å²) in [6, 6.07) is 14.6. The Bertz CT molecular complexity index is 1140. The number of hydrogen-bond donors (Lipinski definition) is 0. The van der Waals surface area contributed by atoms with Crippen molar-refractivity contribution in [3.8, 4) is 0 Å². The number of nitrogens with zero attached hydrogens (tertiary/aromatic N) is 3. The molecule has 1 saturated heterocycles. The van der Waals surface area contributed by atoms with Crippen molar-refractivity contribution in [1.82, 2.24) is 9.88 Å². The summed E-state index contributed by atoms with van der Waals surface area (Å²) >= 11 is 3.12. The lowest BCUT2D eigenvalue weighted by Crippen LogP contribution is -2.40. The number of thiazole rings is 1. The Morgan fingerprint density at radius 3 is 2.70 bits per heavy atom. The zero-order chi connectivity index (χ0) is 20.5. The van der Waals surface area contributed by atoms with Gasteiger partial charge in [-0.15, -0.1) is 11.3 Å². The molecule has 1 amide bonds. The number of carbonyl (C=O) groups excluding carboxylic acids is 1. The lowest BCUT2D eigenvalue weighted by Gasteiger charge is -2.30. The van der Waals surface area contributed by atoms with Crippen LogP contribution in [0.4, 0.5) is 5.69 Å². The molecule has 0 N–H and O–H groups in total. The summed E-state index contributed by atoms with van der Waals surface area (Å²) in [5.74, 6) is 0.0853. The summed E-state index contributed by atoms with van der Waals surface area (Å²) < 4.78 is 1.14. The lowest BCUT2D eigenvalue weighted by atomic mass is 9.94. The van der Waals surface area contributed by atoms with E-state index in [9.17, 15) is 4.79 Å². The number of thioether (sulfide) groups is 1. The Morgan fingerprint density at radius 1 is 1.10 bits per heavy atom. The van der Waals surface area contributed by atoms with Crippen molar-refractivity contribution < 1.29 is 4.79 Å². The summed E-state index contributed by atoms with van der Waals surface area (Å²) in [4.78, 5) is 25.3. The molecule has 1 aliphatic heterocycles. The monoisotopic (exact) mass is 433 g/mol. The number of rotatable bonds is 3. The van der Waals surface area contributed by atoms with E-state index in [2.05, 4.69) is 30.1 Å². The highest BCUT2D eigenvalue weighted by molar-refractivity contribution is 8.18. The van der Waals surface area contributed by atoms with Crippen LogP contribution in [0.1, 0.15) is 43.2 Å². The van der Waals surface area contributed by atoms with Crippen LogP contribution in [0, 0.1) is 6.92 Å². The van der Waals surface area contributed by atoms with Crippen molar-refractivity contribution in [3.63, 3.8) is 0 Å². The van der Waals surface area contributed by atoms with E-state index in [1.807, 2.05) is 40.8 Å². The molecule has 1 saturated carbocycles. The van der Waals surface area contributed by atoms with E-state index < -0.39 is 0 Å². The number of aliphatic imine (C=N–C) groups is 1. The molecule has 0 radical (unpaired) electrons. The Labute approximate surface area is 184 Å². The predicted octanol–water partition coefficient (Wildman–Crippen LogP) is 6.54. The average Bonchev–Trinajstić information content (AvgIpc) is 3.34. The minimum atomic E-state index is 0.0853. The molecule has 2 aliphatic rings. The van der Waals surface area contributed by atoms with Crippen LogP contribution >= 0.6 is 23.1 Å². The number of fused-ring (bicyclic) bond motifs is 1. The second-order valence-electron chi connectivity index (χ2n) is 7.89. The van der Waals surface area contributed by atoms with E-state index in [1.165, 1.54) is 36.6 Å². The summed E-state index contributed by atoms with van der Waals surface area (Å²) in [5.41, 5.74) is 5.98. The third-order valence-electron chi connectivity index (χ3n) is 5.69. The number of benzene rings is 2. The molecule has 2 aromatic carbocycles. The predicted molar refractivity (Wildman–Crippen MR) is 127 cm³/mol. The van der Waals surface area contributed by atoms with Crippen molar-refractivity contribution in [2.45, 2.75) is 45.1 Å². The fourth-order valence-corrected chi connectivity index (χ4v) is 5.85. The van der Waals surface area contributed by atoms with Crippen molar-refractivity contribution in [2.75, 3.05) is 0 Å². The zero-order valence-corrected chi connectivity index (χ0v) is 18.5. The third-order valence-corrected chi connectivity index (χ3v) is 7.46. The molecule has 1 aliphatic carbocycles. The Morgan fingerprint density at radius 2 is 1.90 bits per heavy atom. The van der Waals surface area contributed by atoms with Gasteiger partial charge in [-0.05, 0) is 67.4 Å². The quantitative estimate of drug-likeness (QED) is 0.441. The SMILES string of the molecule is Cc1ccc(N=C2S/C(=C\c3ccc4ncsc4c3)C(=O)N2C2CCCCC2)cc1. The van der Waals surface area contributed by atoms with Gasteiger partial charge in [0.05, 0.1) is 26.3 Å². The van der Waals surface area contributed by atoms with E-state index in [-0.39, 0.29) is 11.9 Å². The fraction of sp³-hybridized carbons (Fsp3) is 0.292. The van der Waals surface area contributed by atoms with Crippen molar-refractivity contribution in [1.29, 1.82) is 0 Å². The highest BCUT2D eigenvalue weighted by Crippen LogP contribution is 2.38. The molecule has 6 heteroatoms. The molecule has 0 atom stereocenters. The molecule has 152 valence electrons. The third kappa shape index (κ3) is 3.94. The number of hydrogen-bond acceptors (Lipinski definition) is 5. The highest BCUT2D eigenvalue weighted by atomic mass is 32.2. The van der Waals surface area contributed by atoms with E-state index >= 15 is 0 Å². The number of aryl methyl sites for hydroxylation is 1. The molecule has 3 aromatic rings. The second kappa shape index (κ2) is 8.36. The van der Waals surface area contributed by atoms with Gasteiger partial charge >= 0.3 is 0 Å². The van der Waals surface area contributed by atoms with E-state index in [0.717, 1.165) is 44.4 Å². The van der Waals surface area contributed by atoms with Gasteiger partial charge in [-0.1, -0.05) is 43.0 Å². The van der Waals surface area contributed by atoms with E-state index in [1.54, 1.807) is 11.3 Å². The van der Waals surface area contributed by atoms with Gasteiger partial charge in [0.1, 0.15) is 0 Å². The first-order valence-electron chi connectivity index (χ1n) is 10.4. The first-order chi connectivity index (χ1) is 14.7. The topological polar surface area (TPSA) is 45.6 Å². The highest BCUT2D eigenvalue weighted by Gasteiger charge is 2.38. The second-order valence-corrected chi connectivity index (χ2v) is 9.78. The maximum absolute atomic E-state index is 13.4. The first kappa shape index (κ1) is 19.5. The van der Waals surface area contributed by atoms with Gasteiger partial charge in [-0.3, -0.25) is 9.69 Å². The summed E-state index contributed by atoms with van der Waals surface area (Å²) in [6.07, 6.45) is 7.72. The fourth-order valence-electron chi connectivity index (χ4n) is 4.07. The Balaban J connectivity index is 1.51. The van der Waals surface area contributed by atoms with Crippen LogP contribution in [0.3, 0.4) is 0 Å². The Kier molecular flexibility index (Phi) is 5.44. The van der Waals surface area contributed by atoms with Crippen LogP contribution in [-0.4, -0.2) is 27.0 Å². The van der Waals surface area contributed by atoms with E-state index in [4.69, 9.17) is 4.99 Å². The summed E-state index contributed by atoms with van der Waals surface area (Å²) in [5, 5.41) is 0.806. The molecular weight excluding hydrogens is 410 g/mol. The lowest BCUT2D eigenvalue weighted by molar-refractivity contribution is -0.124. The largest absolute Gasteiger partial charge is 0.283 e. The van der Waals surface area contributed by atoms with Gasteiger partial charge in [0.2, 0.25) is 0 Å². The molecule has 0 unspecified atom stereocenters. The normalized spacial score (nSPS) is 20.7. The minimum Gasteiger partial charge on any atom is -0.283 e. The summed E-state index contributed by atoms with van der Waals surface area (Å²) in [6.45, 7) is 2.07. The number of carbonyl (C=O) groups is 1. The van der Waals surface area contributed by atoms with Crippen LogP contribution in [0.2, 0.25) is 0 Å². The first-order valence-corrected chi connectivity index (χ1v) is 12.1. The van der Waals surface area contributed by atoms with Crippen molar-refractivity contribution in [3.05, 3.63) is 64.0 Å². The number of aromatic nitrogens is 1. The summed E-state index contributed by atoms with van der Waals surface area (Å²) in [7, 11) is 0. The van der Waals surface area contributed by atoms with Crippen LogP contribution in [0.5, 0.6) is 0 Å². The Hall–Kier alpha value is -2.44. The van der Waals surface area contributed by atoms with Gasteiger partial charge in [0.25, 0.3) is 5.91 Å². The van der Waals surface area contributed by atoms with Crippen molar-refractivity contribution in [2.24, 2.45) is 4.99 Å².